The molecule has 0 aromatic rings. The molecule has 0 heterocycles. The minimum Gasteiger partial charge on any atom is -0.343 e. The highest BCUT2D eigenvalue weighted by Gasteiger charge is 2.37. The maximum Gasteiger partial charge on any atom is 0.225 e. The quantitative estimate of drug-likeness (QED) is 0.626. The summed E-state index contributed by atoms with van der Waals surface area (Å²) in [6, 6.07) is 0.484. The van der Waals surface area contributed by atoms with Crippen LogP contribution in [0.1, 0.15) is 32.6 Å². The van der Waals surface area contributed by atoms with Crippen molar-refractivity contribution < 1.29 is 4.79 Å². The van der Waals surface area contributed by atoms with Gasteiger partial charge in [-0.2, -0.15) is 0 Å². The van der Waals surface area contributed by atoms with Crippen LogP contribution in [-0.4, -0.2) is 23.9 Å². The second-order valence-electron chi connectivity index (χ2n) is 4.30. The number of nitrogens with zero attached hydrogens (tertiary/aromatic N) is 1. The lowest BCUT2D eigenvalue weighted by Crippen LogP contribution is -2.37. The summed E-state index contributed by atoms with van der Waals surface area (Å²) >= 11 is 0. The minimum atomic E-state index is 0.384. The van der Waals surface area contributed by atoms with Crippen LogP contribution in [0.5, 0.6) is 0 Å². The van der Waals surface area contributed by atoms with E-state index < -0.39 is 0 Å². The number of amides is 1. The molecule has 2 saturated carbocycles. The van der Waals surface area contributed by atoms with Crippen LogP contribution in [0.25, 0.3) is 0 Å². The van der Waals surface area contributed by atoms with E-state index >= 15 is 0 Å². The molecule has 1 amide bonds. The van der Waals surface area contributed by atoms with Crippen molar-refractivity contribution in [1.82, 2.24) is 4.90 Å². The maximum absolute atomic E-state index is 11.6. The van der Waals surface area contributed by atoms with Gasteiger partial charge in [0.15, 0.2) is 0 Å². The summed E-state index contributed by atoms with van der Waals surface area (Å²) in [5.74, 6) is 1.57. The van der Waals surface area contributed by atoms with Crippen molar-refractivity contribution >= 4 is 5.91 Å². The summed E-state index contributed by atoms with van der Waals surface area (Å²) in [5.41, 5.74) is 0. The van der Waals surface area contributed by atoms with Gasteiger partial charge in [0.1, 0.15) is 0 Å². The molecule has 0 saturated heterocycles. The molecule has 2 heteroatoms. The molecular weight excluding hydrogens is 150 g/mol. The first-order chi connectivity index (χ1) is 5.70. The van der Waals surface area contributed by atoms with E-state index in [2.05, 4.69) is 6.92 Å². The van der Waals surface area contributed by atoms with Crippen LogP contribution < -0.4 is 0 Å². The number of hydrogen-bond donors (Lipinski definition) is 0. The summed E-state index contributed by atoms with van der Waals surface area (Å²) in [7, 11) is 1.96. The SMILES string of the molecule is C[C@H](C1CC1)N(C)C(=O)C1CC1. The van der Waals surface area contributed by atoms with Crippen LogP contribution in [0.3, 0.4) is 0 Å². The second-order valence-corrected chi connectivity index (χ2v) is 4.30. The van der Waals surface area contributed by atoms with Crippen molar-refractivity contribution in [2.24, 2.45) is 11.8 Å². The second kappa shape index (κ2) is 2.75. The van der Waals surface area contributed by atoms with E-state index in [1.807, 2.05) is 11.9 Å². The minimum absolute atomic E-state index is 0.384. The molecule has 0 aromatic carbocycles. The van der Waals surface area contributed by atoms with Gasteiger partial charge in [0.2, 0.25) is 5.91 Å². The van der Waals surface area contributed by atoms with E-state index in [0.29, 0.717) is 17.9 Å². The zero-order valence-electron chi connectivity index (χ0n) is 7.92. The summed E-state index contributed by atoms with van der Waals surface area (Å²) in [4.78, 5) is 13.6. The van der Waals surface area contributed by atoms with Gasteiger partial charge in [-0.05, 0) is 38.5 Å². The molecule has 2 aliphatic carbocycles. The maximum atomic E-state index is 11.6. The molecule has 0 radical (unpaired) electrons. The van der Waals surface area contributed by atoms with Crippen molar-refractivity contribution in [2.45, 2.75) is 38.6 Å². The monoisotopic (exact) mass is 167 g/mol. The topological polar surface area (TPSA) is 20.3 Å². The summed E-state index contributed by atoms with van der Waals surface area (Å²) in [5, 5.41) is 0. The van der Waals surface area contributed by atoms with Gasteiger partial charge in [-0.3, -0.25) is 4.79 Å². The summed E-state index contributed by atoms with van der Waals surface area (Å²) in [6.45, 7) is 2.18. The van der Waals surface area contributed by atoms with Gasteiger partial charge in [0.05, 0.1) is 0 Å². The zero-order valence-corrected chi connectivity index (χ0v) is 7.92. The molecule has 0 bridgehead atoms. The standard InChI is InChI=1S/C10H17NO/c1-7(8-3-4-8)11(2)10(12)9-5-6-9/h7-9H,3-6H2,1-2H3/t7-/m1/s1. The van der Waals surface area contributed by atoms with Gasteiger partial charge in [-0.15, -0.1) is 0 Å². The third kappa shape index (κ3) is 1.47. The van der Waals surface area contributed by atoms with Crippen LogP contribution in [-0.2, 0) is 4.79 Å². The van der Waals surface area contributed by atoms with Crippen LogP contribution in [0, 0.1) is 11.8 Å². The first kappa shape index (κ1) is 8.09. The third-order valence-corrected chi connectivity index (χ3v) is 3.19. The number of rotatable bonds is 3. The average molecular weight is 167 g/mol. The average Bonchev–Trinajstić information content (AvgIpc) is 2.90. The van der Waals surface area contributed by atoms with E-state index in [9.17, 15) is 4.79 Å². The summed E-state index contributed by atoms with van der Waals surface area (Å²) < 4.78 is 0. The molecule has 0 unspecified atom stereocenters. The molecule has 0 N–H and O–H groups in total. The Morgan fingerprint density at radius 3 is 2.33 bits per heavy atom. The van der Waals surface area contributed by atoms with Crippen LogP contribution in [0.4, 0.5) is 0 Å². The van der Waals surface area contributed by atoms with Gasteiger partial charge in [0.25, 0.3) is 0 Å². The fourth-order valence-corrected chi connectivity index (χ4v) is 1.71. The van der Waals surface area contributed by atoms with Gasteiger partial charge in [-0.25, -0.2) is 0 Å². The van der Waals surface area contributed by atoms with Crippen molar-refractivity contribution in [3.05, 3.63) is 0 Å². The highest BCUT2D eigenvalue weighted by atomic mass is 16.2. The first-order valence-electron chi connectivity index (χ1n) is 4.97. The Labute approximate surface area is 73.9 Å². The van der Waals surface area contributed by atoms with Gasteiger partial charge < -0.3 is 4.90 Å². The molecule has 1 atom stereocenters. The highest BCUT2D eigenvalue weighted by Crippen LogP contribution is 2.37. The molecule has 0 aliphatic heterocycles. The summed E-state index contributed by atoms with van der Waals surface area (Å²) in [6.07, 6.45) is 4.90. The Hall–Kier alpha value is -0.530. The van der Waals surface area contributed by atoms with Crippen LogP contribution in [0.2, 0.25) is 0 Å². The Kier molecular flexibility index (Phi) is 1.85. The number of hydrogen-bond acceptors (Lipinski definition) is 1. The van der Waals surface area contributed by atoms with Gasteiger partial charge in [0, 0.05) is 19.0 Å². The van der Waals surface area contributed by atoms with Crippen molar-refractivity contribution in [2.75, 3.05) is 7.05 Å². The first-order valence-corrected chi connectivity index (χ1v) is 4.97. The number of carbonyl (C=O) groups is 1. The molecule has 12 heavy (non-hydrogen) atoms. The Balaban J connectivity index is 1.88. The molecule has 0 spiro atoms. The molecule has 2 aliphatic rings. The number of carbonyl (C=O) groups excluding carboxylic acids is 1. The zero-order chi connectivity index (χ0) is 8.72. The Morgan fingerprint density at radius 1 is 1.33 bits per heavy atom. The predicted molar refractivity (Wildman–Crippen MR) is 47.7 cm³/mol. The molecule has 2 rings (SSSR count). The van der Waals surface area contributed by atoms with Crippen molar-refractivity contribution in [3.63, 3.8) is 0 Å². The van der Waals surface area contributed by atoms with Gasteiger partial charge in [-0.1, -0.05) is 0 Å². The Bertz CT molecular complexity index is 194. The van der Waals surface area contributed by atoms with Crippen molar-refractivity contribution in [3.8, 4) is 0 Å². The largest absolute Gasteiger partial charge is 0.343 e. The molecular formula is C10H17NO. The van der Waals surface area contributed by atoms with E-state index in [0.717, 1.165) is 18.8 Å². The smallest absolute Gasteiger partial charge is 0.225 e. The van der Waals surface area contributed by atoms with E-state index in [4.69, 9.17) is 0 Å². The van der Waals surface area contributed by atoms with Crippen LogP contribution in [0.15, 0.2) is 0 Å². The van der Waals surface area contributed by atoms with E-state index in [1.54, 1.807) is 0 Å². The third-order valence-electron chi connectivity index (χ3n) is 3.19. The lowest BCUT2D eigenvalue weighted by atomic mass is 10.2. The fourth-order valence-electron chi connectivity index (χ4n) is 1.71. The molecule has 2 fully saturated rings. The normalized spacial score (nSPS) is 25.2. The van der Waals surface area contributed by atoms with E-state index in [-0.39, 0.29) is 0 Å². The molecule has 68 valence electrons. The molecule has 0 aromatic heterocycles. The predicted octanol–water partition coefficient (Wildman–Crippen LogP) is 1.65. The Morgan fingerprint density at radius 2 is 1.92 bits per heavy atom. The lowest BCUT2D eigenvalue weighted by molar-refractivity contribution is -0.133. The van der Waals surface area contributed by atoms with Gasteiger partial charge >= 0.3 is 0 Å². The highest BCUT2D eigenvalue weighted by molar-refractivity contribution is 5.81. The van der Waals surface area contributed by atoms with Crippen molar-refractivity contribution in [1.29, 1.82) is 0 Å². The fraction of sp³-hybridized carbons (Fsp3) is 0.900. The van der Waals surface area contributed by atoms with E-state index in [1.165, 1.54) is 12.8 Å². The lowest BCUT2D eigenvalue weighted by Gasteiger charge is -2.24. The van der Waals surface area contributed by atoms with Crippen LogP contribution >= 0.6 is 0 Å². The molecule has 2 nitrogen and oxygen atoms in total.